The summed E-state index contributed by atoms with van der Waals surface area (Å²) < 4.78 is 20.6. The number of hydrogen-bond donors (Lipinski definition) is 2. The van der Waals surface area contributed by atoms with Gasteiger partial charge in [-0.05, 0) is 61.8 Å². The van der Waals surface area contributed by atoms with Gasteiger partial charge < -0.3 is 15.2 Å². The van der Waals surface area contributed by atoms with E-state index in [1.807, 2.05) is 0 Å². The van der Waals surface area contributed by atoms with Gasteiger partial charge in [0.25, 0.3) is 0 Å². The summed E-state index contributed by atoms with van der Waals surface area (Å²) in [6, 6.07) is 2.59. The van der Waals surface area contributed by atoms with E-state index in [2.05, 4.69) is 12.2 Å². The number of rotatable bonds is 6. The van der Waals surface area contributed by atoms with Gasteiger partial charge in [-0.15, -0.1) is 0 Å². The first-order valence-electron chi connectivity index (χ1n) is 10.4. The molecule has 6 atom stereocenters. The number of benzene rings is 1. The summed E-state index contributed by atoms with van der Waals surface area (Å²) in [4.78, 5) is 11.3. The number of ether oxygens (including phenoxy) is 1. The molecule has 1 aromatic carbocycles. The predicted octanol–water partition coefficient (Wildman–Crippen LogP) is 5.35. The van der Waals surface area contributed by atoms with Crippen molar-refractivity contribution in [1.29, 1.82) is 0 Å². The Bertz CT molecular complexity index is 810. The molecular formula is C22H27ClFNO3. The van der Waals surface area contributed by atoms with Crippen LogP contribution >= 0.6 is 11.6 Å². The minimum atomic E-state index is -0.836. The first kappa shape index (κ1) is 18.5. The van der Waals surface area contributed by atoms with Crippen LogP contribution in [0.1, 0.15) is 51.9 Å². The van der Waals surface area contributed by atoms with Gasteiger partial charge in [-0.1, -0.05) is 24.9 Å². The van der Waals surface area contributed by atoms with E-state index < -0.39 is 17.7 Å². The van der Waals surface area contributed by atoms with Crippen molar-refractivity contribution >= 4 is 23.3 Å². The minimum Gasteiger partial charge on any atom is -0.491 e. The van der Waals surface area contributed by atoms with Gasteiger partial charge in [-0.3, -0.25) is 4.79 Å². The van der Waals surface area contributed by atoms with Crippen LogP contribution in [0.25, 0.3) is 0 Å². The zero-order valence-corrected chi connectivity index (χ0v) is 16.9. The largest absolute Gasteiger partial charge is 0.491 e. The lowest BCUT2D eigenvalue weighted by Crippen LogP contribution is -2.30. The second-order valence-electron chi connectivity index (χ2n) is 9.93. The van der Waals surface area contributed by atoms with E-state index in [0.29, 0.717) is 35.6 Å². The lowest BCUT2D eigenvalue weighted by Gasteiger charge is -2.33. The molecule has 0 heterocycles. The van der Waals surface area contributed by atoms with Crippen molar-refractivity contribution in [2.75, 3.05) is 11.9 Å². The normalized spacial score (nSPS) is 40.4. The van der Waals surface area contributed by atoms with Gasteiger partial charge in [0.05, 0.1) is 23.2 Å². The fraction of sp³-hybridized carbons (Fsp3) is 0.682. The molecule has 0 aliphatic heterocycles. The summed E-state index contributed by atoms with van der Waals surface area (Å²) >= 11 is 6.37. The summed E-state index contributed by atoms with van der Waals surface area (Å²) in [6.45, 7) is 2.84. The third-order valence-corrected chi connectivity index (χ3v) is 8.10. The average Bonchev–Trinajstić information content (AvgIpc) is 3.43. The van der Waals surface area contributed by atoms with Crippen LogP contribution < -0.4 is 10.1 Å². The van der Waals surface area contributed by atoms with Gasteiger partial charge in [0.15, 0.2) is 0 Å². The third kappa shape index (κ3) is 3.06. The highest BCUT2D eigenvalue weighted by Crippen LogP contribution is 2.81. The predicted molar refractivity (Wildman–Crippen MR) is 105 cm³/mol. The van der Waals surface area contributed by atoms with Gasteiger partial charge in [0.2, 0.25) is 0 Å². The summed E-state index contributed by atoms with van der Waals surface area (Å²) in [5.74, 6) is 0.331. The van der Waals surface area contributed by atoms with E-state index >= 15 is 0 Å². The van der Waals surface area contributed by atoms with Crippen molar-refractivity contribution in [3.63, 3.8) is 0 Å². The van der Waals surface area contributed by atoms with Crippen LogP contribution in [-0.2, 0) is 4.79 Å². The number of carbonyl (C=O) groups is 1. The monoisotopic (exact) mass is 407 g/mol. The van der Waals surface area contributed by atoms with Crippen LogP contribution in [0.2, 0.25) is 5.02 Å². The van der Waals surface area contributed by atoms with Gasteiger partial charge in [-0.2, -0.15) is 0 Å². The van der Waals surface area contributed by atoms with Crippen molar-refractivity contribution in [2.45, 2.75) is 57.9 Å². The van der Waals surface area contributed by atoms with Crippen molar-refractivity contribution < 1.29 is 19.0 Å². The number of hydrogen-bond acceptors (Lipinski definition) is 3. The standard InChI is InChI=1S/C22H27ClFNO3/c1-21(7-12-9-22(12)10-13(22)8-21)11-28-19-6-16(24)18(5-15(19)23)25-17-4-2-3-14(17)20(26)27/h5-6,12-14,17,25H,2-4,7-11H2,1H3,(H,26,27)/t12-,13+,14?,17?,21?,22?. The smallest absolute Gasteiger partial charge is 0.308 e. The molecule has 2 N–H and O–H groups in total. The Labute approximate surface area is 169 Å². The van der Waals surface area contributed by atoms with Crippen LogP contribution in [0.15, 0.2) is 12.1 Å². The highest BCUT2D eigenvalue weighted by Gasteiger charge is 2.73. The Morgan fingerprint density at radius 2 is 2.00 bits per heavy atom. The number of aliphatic carboxylic acids is 1. The van der Waals surface area contributed by atoms with Crippen molar-refractivity contribution in [2.24, 2.45) is 28.6 Å². The van der Waals surface area contributed by atoms with Crippen molar-refractivity contribution in [3.8, 4) is 5.75 Å². The second kappa shape index (κ2) is 6.25. The molecule has 28 heavy (non-hydrogen) atoms. The van der Waals surface area contributed by atoms with Crippen molar-refractivity contribution in [3.05, 3.63) is 23.0 Å². The summed E-state index contributed by atoms with van der Waals surface area (Å²) in [6.07, 6.45) is 7.33. The highest BCUT2D eigenvalue weighted by atomic mass is 35.5. The Morgan fingerprint density at radius 1 is 1.29 bits per heavy atom. The molecule has 1 aromatic rings. The van der Waals surface area contributed by atoms with Crippen LogP contribution in [0.4, 0.5) is 10.1 Å². The molecule has 4 nitrogen and oxygen atoms in total. The molecule has 4 aliphatic carbocycles. The first-order chi connectivity index (χ1) is 13.3. The van der Waals surface area contributed by atoms with Crippen LogP contribution in [0, 0.1) is 34.4 Å². The van der Waals surface area contributed by atoms with E-state index in [0.717, 1.165) is 18.3 Å². The maximum absolute atomic E-state index is 14.7. The summed E-state index contributed by atoms with van der Waals surface area (Å²) in [5.41, 5.74) is 1.10. The van der Waals surface area contributed by atoms with Gasteiger partial charge >= 0.3 is 5.97 Å². The summed E-state index contributed by atoms with van der Waals surface area (Å²) in [5, 5.41) is 12.7. The molecule has 4 aliphatic rings. The van der Waals surface area contributed by atoms with Crippen LogP contribution in [0.5, 0.6) is 5.75 Å². The third-order valence-electron chi connectivity index (χ3n) is 7.81. The molecule has 6 heteroatoms. The Hall–Kier alpha value is -1.49. The van der Waals surface area contributed by atoms with E-state index in [9.17, 15) is 14.3 Å². The van der Waals surface area contributed by atoms with E-state index in [4.69, 9.17) is 16.3 Å². The number of halogens is 2. The lowest BCUT2D eigenvalue weighted by molar-refractivity contribution is -0.141. The maximum Gasteiger partial charge on any atom is 0.308 e. The Morgan fingerprint density at radius 3 is 2.68 bits per heavy atom. The SMILES string of the molecule is CC1(COc2cc(F)c(NC3CCCC3C(=O)O)cc2Cl)C[C@@H]2CC23C[C@@H]3C1. The number of anilines is 1. The topological polar surface area (TPSA) is 58.6 Å². The van der Waals surface area contributed by atoms with Gasteiger partial charge in [0.1, 0.15) is 11.6 Å². The fourth-order valence-electron chi connectivity index (χ4n) is 6.12. The molecule has 1 spiro atoms. The molecule has 4 saturated carbocycles. The Kier molecular flexibility index (Phi) is 4.14. The van der Waals surface area contributed by atoms with E-state index in [1.54, 1.807) is 0 Å². The van der Waals surface area contributed by atoms with Crippen LogP contribution in [0.3, 0.4) is 0 Å². The maximum atomic E-state index is 14.7. The van der Waals surface area contributed by atoms with Gasteiger partial charge in [-0.25, -0.2) is 4.39 Å². The van der Waals surface area contributed by atoms with Gasteiger partial charge in [0, 0.05) is 17.5 Å². The number of carboxylic acids is 1. The quantitative estimate of drug-likeness (QED) is 0.667. The molecule has 0 bridgehead atoms. The molecule has 5 rings (SSSR count). The molecule has 152 valence electrons. The molecular weight excluding hydrogens is 381 g/mol. The molecule has 4 unspecified atom stereocenters. The second-order valence-corrected chi connectivity index (χ2v) is 10.3. The molecule has 0 amide bonds. The number of carboxylic acid groups (broad SMARTS) is 1. The van der Waals surface area contributed by atoms with E-state index in [1.165, 1.54) is 37.8 Å². The first-order valence-corrected chi connectivity index (χ1v) is 10.8. The average molecular weight is 408 g/mol. The van der Waals surface area contributed by atoms with E-state index in [-0.39, 0.29) is 17.1 Å². The molecule has 4 fully saturated rings. The summed E-state index contributed by atoms with van der Waals surface area (Å²) in [7, 11) is 0. The molecule has 0 saturated heterocycles. The molecule has 0 radical (unpaired) electrons. The van der Waals surface area contributed by atoms with Crippen molar-refractivity contribution in [1.82, 2.24) is 0 Å². The Balaban J connectivity index is 1.25. The fourth-order valence-corrected chi connectivity index (χ4v) is 6.34. The number of nitrogens with one attached hydrogen (secondary N) is 1. The zero-order valence-electron chi connectivity index (χ0n) is 16.1. The minimum absolute atomic E-state index is 0.140. The molecule has 0 aromatic heterocycles. The highest BCUT2D eigenvalue weighted by molar-refractivity contribution is 6.32. The zero-order chi connectivity index (χ0) is 19.7. The van der Waals surface area contributed by atoms with Crippen LogP contribution in [-0.4, -0.2) is 23.7 Å². The lowest BCUT2D eigenvalue weighted by atomic mass is 9.76.